The molecule has 1 aliphatic rings. The van der Waals surface area contributed by atoms with E-state index in [9.17, 15) is 4.79 Å². The normalized spacial score (nSPS) is 14.7. The standard InChI is InChI=1S/C25H30ClN3O/c1-18(2)14-15-28(25(30)19-8-4-3-5-9-19)17-24-27-22-13-12-20(26)16-23(22)29(24)21-10-6-7-11-21/h3-5,8-9,12-13,16,18,21H,6-7,10-11,14-15,17H2,1-2H3. The lowest BCUT2D eigenvalue weighted by atomic mass is 10.1. The largest absolute Gasteiger partial charge is 0.331 e. The summed E-state index contributed by atoms with van der Waals surface area (Å²) in [6.45, 7) is 5.63. The predicted octanol–water partition coefficient (Wildman–Crippen LogP) is 6.49. The highest BCUT2D eigenvalue weighted by Crippen LogP contribution is 2.35. The number of rotatable bonds is 7. The molecule has 0 spiro atoms. The molecule has 4 nitrogen and oxygen atoms in total. The highest BCUT2D eigenvalue weighted by atomic mass is 35.5. The van der Waals surface area contributed by atoms with Gasteiger partial charge >= 0.3 is 0 Å². The summed E-state index contributed by atoms with van der Waals surface area (Å²) in [5.74, 6) is 1.56. The molecule has 0 aliphatic heterocycles. The van der Waals surface area contributed by atoms with Crippen molar-refractivity contribution in [1.29, 1.82) is 0 Å². The topological polar surface area (TPSA) is 38.1 Å². The number of nitrogens with zero attached hydrogens (tertiary/aromatic N) is 3. The summed E-state index contributed by atoms with van der Waals surface area (Å²) in [5, 5.41) is 0.727. The molecule has 5 heteroatoms. The van der Waals surface area contributed by atoms with Crippen molar-refractivity contribution in [2.24, 2.45) is 5.92 Å². The van der Waals surface area contributed by atoms with Crippen molar-refractivity contribution in [3.63, 3.8) is 0 Å². The molecule has 2 aromatic carbocycles. The third kappa shape index (κ3) is 4.54. The van der Waals surface area contributed by atoms with Gasteiger partial charge in [0.05, 0.1) is 17.6 Å². The van der Waals surface area contributed by atoms with Crippen molar-refractivity contribution in [2.45, 2.75) is 58.5 Å². The van der Waals surface area contributed by atoms with Gasteiger partial charge in [-0.15, -0.1) is 0 Å². The summed E-state index contributed by atoms with van der Waals surface area (Å²) in [5.41, 5.74) is 2.77. The van der Waals surface area contributed by atoms with Gasteiger partial charge in [0.2, 0.25) is 0 Å². The van der Waals surface area contributed by atoms with E-state index in [1.807, 2.05) is 53.4 Å². The molecule has 0 bridgehead atoms. The van der Waals surface area contributed by atoms with Gasteiger partial charge in [-0.3, -0.25) is 4.79 Å². The SMILES string of the molecule is CC(C)CCN(Cc1nc2ccc(Cl)cc2n1C1CCCC1)C(=O)c1ccccc1. The van der Waals surface area contributed by atoms with Crippen LogP contribution >= 0.6 is 11.6 Å². The van der Waals surface area contributed by atoms with Crippen LogP contribution in [0.1, 0.15) is 68.2 Å². The fourth-order valence-corrected chi connectivity index (χ4v) is 4.56. The van der Waals surface area contributed by atoms with Crippen LogP contribution in [0.5, 0.6) is 0 Å². The first-order valence-electron chi connectivity index (χ1n) is 11.0. The van der Waals surface area contributed by atoms with E-state index in [0.717, 1.165) is 53.3 Å². The molecule has 0 saturated heterocycles. The van der Waals surface area contributed by atoms with Gasteiger partial charge in [-0.05, 0) is 55.5 Å². The van der Waals surface area contributed by atoms with Crippen LogP contribution in [-0.4, -0.2) is 26.9 Å². The van der Waals surface area contributed by atoms with Crippen LogP contribution in [-0.2, 0) is 6.54 Å². The van der Waals surface area contributed by atoms with Gasteiger partial charge in [-0.2, -0.15) is 0 Å². The Morgan fingerprint density at radius 3 is 2.60 bits per heavy atom. The van der Waals surface area contributed by atoms with Gasteiger partial charge in [0.15, 0.2) is 0 Å². The van der Waals surface area contributed by atoms with Crippen LogP contribution in [0.15, 0.2) is 48.5 Å². The van der Waals surface area contributed by atoms with Gasteiger partial charge in [0.1, 0.15) is 5.82 Å². The third-order valence-electron chi connectivity index (χ3n) is 6.03. The molecule has 1 aliphatic carbocycles. The average Bonchev–Trinajstić information content (AvgIpc) is 3.38. The molecule has 0 N–H and O–H groups in total. The zero-order valence-electron chi connectivity index (χ0n) is 17.9. The maximum Gasteiger partial charge on any atom is 0.254 e. The number of aromatic nitrogens is 2. The van der Waals surface area contributed by atoms with Crippen LogP contribution in [0, 0.1) is 5.92 Å². The van der Waals surface area contributed by atoms with E-state index in [-0.39, 0.29) is 5.91 Å². The second kappa shape index (κ2) is 9.22. The highest BCUT2D eigenvalue weighted by Gasteiger charge is 2.25. The zero-order valence-corrected chi connectivity index (χ0v) is 18.6. The molecule has 1 aromatic heterocycles. The number of benzene rings is 2. The lowest BCUT2D eigenvalue weighted by Gasteiger charge is -2.25. The Kier molecular flexibility index (Phi) is 6.43. The van der Waals surface area contributed by atoms with E-state index < -0.39 is 0 Å². The van der Waals surface area contributed by atoms with Gasteiger partial charge in [-0.25, -0.2) is 4.98 Å². The molecule has 4 rings (SSSR count). The Bertz CT molecular complexity index is 1010. The number of hydrogen-bond acceptors (Lipinski definition) is 2. The molecule has 30 heavy (non-hydrogen) atoms. The van der Waals surface area contributed by atoms with Gasteiger partial charge < -0.3 is 9.47 Å². The van der Waals surface area contributed by atoms with Gasteiger partial charge in [0.25, 0.3) is 5.91 Å². The van der Waals surface area contributed by atoms with Crippen LogP contribution < -0.4 is 0 Å². The predicted molar refractivity (Wildman–Crippen MR) is 123 cm³/mol. The summed E-state index contributed by atoms with van der Waals surface area (Å²) >= 11 is 6.32. The molecular weight excluding hydrogens is 394 g/mol. The third-order valence-corrected chi connectivity index (χ3v) is 6.27. The first-order chi connectivity index (χ1) is 14.5. The fourth-order valence-electron chi connectivity index (χ4n) is 4.40. The smallest absolute Gasteiger partial charge is 0.254 e. The van der Waals surface area contributed by atoms with Crippen LogP contribution in [0.4, 0.5) is 0 Å². The molecule has 1 heterocycles. The monoisotopic (exact) mass is 423 g/mol. The van der Waals surface area contributed by atoms with Crippen LogP contribution in [0.25, 0.3) is 11.0 Å². The average molecular weight is 424 g/mol. The summed E-state index contributed by atoms with van der Waals surface area (Å²) in [6.07, 6.45) is 5.76. The van der Waals surface area contributed by atoms with Gasteiger partial charge in [-0.1, -0.05) is 56.5 Å². The summed E-state index contributed by atoms with van der Waals surface area (Å²) in [6, 6.07) is 15.9. The molecule has 1 saturated carbocycles. The lowest BCUT2D eigenvalue weighted by molar-refractivity contribution is 0.0728. The minimum absolute atomic E-state index is 0.0688. The van der Waals surface area contributed by atoms with E-state index >= 15 is 0 Å². The molecule has 0 atom stereocenters. The fraction of sp³-hybridized carbons (Fsp3) is 0.440. The summed E-state index contributed by atoms with van der Waals surface area (Å²) in [4.78, 5) is 20.2. The number of fused-ring (bicyclic) bond motifs is 1. The zero-order chi connectivity index (χ0) is 21.1. The summed E-state index contributed by atoms with van der Waals surface area (Å²) in [7, 11) is 0. The number of hydrogen-bond donors (Lipinski definition) is 0. The summed E-state index contributed by atoms with van der Waals surface area (Å²) < 4.78 is 2.36. The number of amides is 1. The van der Waals surface area contributed by atoms with E-state index in [0.29, 0.717) is 18.5 Å². The van der Waals surface area contributed by atoms with Crippen LogP contribution in [0.3, 0.4) is 0 Å². The van der Waals surface area contributed by atoms with Gasteiger partial charge in [0, 0.05) is 23.2 Å². The second-order valence-corrected chi connectivity index (χ2v) is 9.18. The van der Waals surface area contributed by atoms with E-state index in [1.54, 1.807) is 0 Å². The number of carbonyl (C=O) groups excluding carboxylic acids is 1. The Hall–Kier alpha value is -2.33. The molecule has 1 amide bonds. The van der Waals surface area contributed by atoms with E-state index in [2.05, 4.69) is 18.4 Å². The van der Waals surface area contributed by atoms with Crippen molar-refractivity contribution < 1.29 is 4.79 Å². The van der Waals surface area contributed by atoms with Crippen LogP contribution in [0.2, 0.25) is 5.02 Å². The second-order valence-electron chi connectivity index (χ2n) is 8.74. The van der Waals surface area contributed by atoms with E-state index in [1.165, 1.54) is 12.8 Å². The minimum atomic E-state index is 0.0688. The molecule has 3 aromatic rings. The van der Waals surface area contributed by atoms with Crippen molar-refractivity contribution >= 4 is 28.5 Å². The molecule has 1 fully saturated rings. The minimum Gasteiger partial charge on any atom is -0.331 e. The first-order valence-corrected chi connectivity index (χ1v) is 11.4. The quantitative estimate of drug-likeness (QED) is 0.435. The molecule has 0 unspecified atom stereocenters. The maximum atomic E-state index is 13.3. The van der Waals surface area contributed by atoms with Crippen molar-refractivity contribution in [3.05, 3.63) is 64.9 Å². The Balaban J connectivity index is 1.71. The number of halogens is 1. The Morgan fingerprint density at radius 1 is 1.17 bits per heavy atom. The lowest BCUT2D eigenvalue weighted by Crippen LogP contribution is -2.33. The Morgan fingerprint density at radius 2 is 1.90 bits per heavy atom. The number of imidazole rings is 1. The highest BCUT2D eigenvalue weighted by molar-refractivity contribution is 6.31. The molecule has 158 valence electrons. The van der Waals surface area contributed by atoms with Crippen molar-refractivity contribution in [3.8, 4) is 0 Å². The molecule has 0 radical (unpaired) electrons. The van der Waals surface area contributed by atoms with Crippen molar-refractivity contribution in [2.75, 3.05) is 6.54 Å². The number of carbonyl (C=O) groups is 1. The Labute approximate surface area is 183 Å². The molecular formula is C25H30ClN3O. The maximum absolute atomic E-state index is 13.3. The van der Waals surface area contributed by atoms with E-state index in [4.69, 9.17) is 16.6 Å². The first kappa shape index (κ1) is 20.9. The van der Waals surface area contributed by atoms with Crippen molar-refractivity contribution in [1.82, 2.24) is 14.5 Å².